The van der Waals surface area contributed by atoms with Gasteiger partial charge in [-0.1, -0.05) is 39.3 Å². The second kappa shape index (κ2) is 7.57. The molecule has 0 unspecified atom stereocenters. The smallest absolute Gasteiger partial charge is 0.286 e. The van der Waals surface area contributed by atoms with Crippen LogP contribution in [-0.4, -0.2) is 29.4 Å². The summed E-state index contributed by atoms with van der Waals surface area (Å²) in [6, 6.07) is 1.79. The van der Waals surface area contributed by atoms with E-state index in [1.807, 2.05) is 0 Å². The molecule has 4 nitrogen and oxygen atoms in total. The van der Waals surface area contributed by atoms with Crippen molar-refractivity contribution in [3.8, 4) is 0 Å². The van der Waals surface area contributed by atoms with E-state index < -0.39 is 24.0 Å². The van der Waals surface area contributed by atoms with Gasteiger partial charge in [0.2, 0.25) is 0 Å². The summed E-state index contributed by atoms with van der Waals surface area (Å²) < 4.78 is 26.8. The van der Waals surface area contributed by atoms with Crippen LogP contribution in [0.15, 0.2) is 0 Å². The highest BCUT2D eigenvalue weighted by Crippen LogP contribution is 2.51. The van der Waals surface area contributed by atoms with Crippen molar-refractivity contribution in [2.45, 2.75) is 51.4 Å². The number of rotatable bonds is 9. The van der Waals surface area contributed by atoms with Crippen molar-refractivity contribution in [1.82, 2.24) is 0 Å². The third kappa shape index (κ3) is 10.7. The molecule has 0 heterocycles. The molecular weight excluding hydrogens is 307 g/mol. The van der Waals surface area contributed by atoms with Crippen LogP contribution in [0, 0.1) is 0 Å². The monoisotopic (exact) mass is 332 g/mol. The summed E-state index contributed by atoms with van der Waals surface area (Å²) in [5, 5.41) is 0. The van der Waals surface area contributed by atoms with Crippen LogP contribution in [0.1, 0.15) is 0 Å². The lowest BCUT2D eigenvalue weighted by Crippen LogP contribution is -2.22. The van der Waals surface area contributed by atoms with Crippen LogP contribution in [0.2, 0.25) is 51.4 Å². The Morgan fingerprint density at radius 3 is 1.44 bits per heavy atom. The highest BCUT2D eigenvalue weighted by molar-refractivity contribution is 7.49. The zero-order chi connectivity index (χ0) is 14.4. The summed E-state index contributed by atoms with van der Waals surface area (Å²) in [6.45, 7) is 14.0. The van der Waals surface area contributed by atoms with Crippen LogP contribution in [0.3, 0.4) is 0 Å². The zero-order valence-electron chi connectivity index (χ0n) is 12.3. The van der Waals surface area contributed by atoms with E-state index >= 15 is 0 Å². The van der Waals surface area contributed by atoms with E-state index in [-0.39, 0.29) is 0 Å². The molecule has 0 amide bonds. The molecule has 0 spiro atoms. The summed E-state index contributed by atoms with van der Waals surface area (Å²) in [6.07, 6.45) is 0. The molecule has 0 aliphatic heterocycles. The van der Waals surface area contributed by atoms with Crippen molar-refractivity contribution in [2.75, 3.05) is 13.2 Å². The Kier molecular flexibility index (Phi) is 7.92. The van der Waals surface area contributed by atoms with E-state index in [1.54, 1.807) is 0 Å². The molecular formula is C10H26ClO4PSi2. The molecule has 0 radical (unpaired) electrons. The quantitative estimate of drug-likeness (QED) is 0.441. The fourth-order valence-corrected chi connectivity index (χ4v) is 3.80. The van der Waals surface area contributed by atoms with Crippen molar-refractivity contribution in [1.29, 1.82) is 0 Å². The summed E-state index contributed by atoms with van der Waals surface area (Å²) in [5.74, 6) is 0. The summed E-state index contributed by atoms with van der Waals surface area (Å²) in [7, 11) is -6.01. The maximum Gasteiger partial charge on any atom is 0.491 e. The average molecular weight is 333 g/mol. The average Bonchev–Trinajstić information content (AvgIpc) is 2.13. The van der Waals surface area contributed by atoms with Crippen LogP contribution in [-0.2, 0) is 17.7 Å². The molecule has 110 valence electrons. The van der Waals surface area contributed by atoms with E-state index in [2.05, 4.69) is 43.4 Å². The van der Waals surface area contributed by atoms with Gasteiger partial charge in [0.15, 0.2) is 0 Å². The highest BCUT2D eigenvalue weighted by Gasteiger charge is 2.28. The van der Waals surface area contributed by atoms with Crippen LogP contribution < -0.4 is 0 Å². The predicted octanol–water partition coefficient (Wildman–Crippen LogP) is 4.97. The van der Waals surface area contributed by atoms with Gasteiger partial charge in [-0.2, -0.15) is 4.08 Å². The molecule has 0 aromatic carbocycles. The molecule has 0 aliphatic carbocycles. The molecule has 0 atom stereocenters. The van der Waals surface area contributed by atoms with E-state index in [4.69, 9.17) is 20.9 Å². The second-order valence-electron chi connectivity index (χ2n) is 6.80. The number of phosphoric ester groups is 1. The SMILES string of the molecule is C[Si](C)(C)CCOP(=O)(OCl)OCC[Si](C)(C)C. The maximum atomic E-state index is 12.0. The Morgan fingerprint density at radius 2 is 1.22 bits per heavy atom. The highest BCUT2D eigenvalue weighted by atomic mass is 35.5. The minimum atomic E-state index is -3.56. The molecule has 18 heavy (non-hydrogen) atoms. The number of hydrogen-bond acceptors (Lipinski definition) is 4. The standard InChI is InChI=1S/C10H26ClO4PSi2/c1-17(2,3)9-7-13-16(12,15-11)14-8-10-18(4,5)6/h7-10H2,1-6H3. The molecule has 0 aromatic rings. The van der Waals surface area contributed by atoms with Crippen LogP contribution in [0.25, 0.3) is 0 Å². The molecule has 0 aliphatic rings. The first-order valence-electron chi connectivity index (χ1n) is 6.17. The minimum absolute atomic E-state index is 0.368. The Labute approximate surface area is 118 Å². The molecule has 0 saturated heterocycles. The van der Waals surface area contributed by atoms with Gasteiger partial charge in [-0.3, -0.25) is 9.05 Å². The van der Waals surface area contributed by atoms with Crippen LogP contribution in [0.5, 0.6) is 0 Å². The predicted molar refractivity (Wildman–Crippen MR) is 82.8 cm³/mol. The van der Waals surface area contributed by atoms with Crippen molar-refractivity contribution >= 4 is 35.8 Å². The summed E-state index contributed by atoms with van der Waals surface area (Å²) in [4.78, 5) is 0. The summed E-state index contributed by atoms with van der Waals surface area (Å²) >= 11 is 5.22. The lowest BCUT2D eigenvalue weighted by atomic mass is 10.9. The number of phosphoric acid groups is 1. The topological polar surface area (TPSA) is 44.8 Å². The van der Waals surface area contributed by atoms with Gasteiger partial charge in [0, 0.05) is 16.1 Å². The second-order valence-corrected chi connectivity index (χ2v) is 20.0. The van der Waals surface area contributed by atoms with Crippen molar-refractivity contribution < 1.29 is 17.7 Å². The first-order valence-corrected chi connectivity index (χ1v) is 15.4. The van der Waals surface area contributed by atoms with Crippen molar-refractivity contribution in [2.24, 2.45) is 0 Å². The molecule has 0 aromatic heterocycles. The van der Waals surface area contributed by atoms with Gasteiger partial charge < -0.3 is 0 Å². The maximum absolute atomic E-state index is 12.0. The number of hydrogen-bond donors (Lipinski definition) is 0. The molecule has 0 rings (SSSR count). The fraction of sp³-hybridized carbons (Fsp3) is 1.00. The largest absolute Gasteiger partial charge is 0.491 e. The molecule has 0 N–H and O–H groups in total. The van der Waals surface area contributed by atoms with E-state index in [1.165, 1.54) is 0 Å². The number of halogens is 1. The Hall–Kier alpha value is 0.834. The van der Waals surface area contributed by atoms with Gasteiger partial charge in [-0.25, -0.2) is 4.57 Å². The molecule has 8 heteroatoms. The molecule has 0 fully saturated rings. The Balaban J connectivity index is 4.08. The molecule has 0 bridgehead atoms. The van der Waals surface area contributed by atoms with Gasteiger partial charge in [0.1, 0.15) is 0 Å². The lowest BCUT2D eigenvalue weighted by molar-refractivity contribution is 0.171. The lowest BCUT2D eigenvalue weighted by Gasteiger charge is -2.20. The molecule has 0 saturated carbocycles. The van der Waals surface area contributed by atoms with Gasteiger partial charge in [0.05, 0.1) is 25.1 Å². The van der Waals surface area contributed by atoms with Gasteiger partial charge >= 0.3 is 7.82 Å². The normalized spacial score (nSPS) is 13.9. The first-order chi connectivity index (χ1) is 7.97. The third-order valence-electron chi connectivity index (χ3n) is 2.29. The van der Waals surface area contributed by atoms with Gasteiger partial charge in [-0.05, 0) is 12.1 Å². The van der Waals surface area contributed by atoms with Crippen LogP contribution in [0.4, 0.5) is 0 Å². The Bertz CT molecular complexity index is 265. The minimum Gasteiger partial charge on any atom is -0.286 e. The third-order valence-corrected chi connectivity index (χ3v) is 7.37. The first kappa shape index (κ1) is 18.8. The van der Waals surface area contributed by atoms with Crippen molar-refractivity contribution in [3.63, 3.8) is 0 Å². The van der Waals surface area contributed by atoms with Crippen molar-refractivity contribution in [3.05, 3.63) is 0 Å². The summed E-state index contributed by atoms with van der Waals surface area (Å²) in [5.41, 5.74) is 0. The van der Waals surface area contributed by atoms with E-state index in [0.717, 1.165) is 12.1 Å². The van der Waals surface area contributed by atoms with E-state index in [9.17, 15) is 4.57 Å². The van der Waals surface area contributed by atoms with Gasteiger partial charge in [0.25, 0.3) is 0 Å². The van der Waals surface area contributed by atoms with Gasteiger partial charge in [-0.15, -0.1) is 0 Å². The zero-order valence-corrected chi connectivity index (χ0v) is 15.9. The van der Waals surface area contributed by atoms with E-state index in [0.29, 0.717) is 13.2 Å². The van der Waals surface area contributed by atoms with Crippen LogP contribution >= 0.6 is 19.7 Å². The fourth-order valence-electron chi connectivity index (χ4n) is 1.00. The Morgan fingerprint density at radius 1 is 0.889 bits per heavy atom.